The molecule has 0 aliphatic heterocycles. The van der Waals surface area contributed by atoms with E-state index in [-0.39, 0.29) is 5.82 Å². The van der Waals surface area contributed by atoms with Gasteiger partial charge in [-0.05, 0) is 31.2 Å². The van der Waals surface area contributed by atoms with Crippen molar-refractivity contribution in [1.29, 1.82) is 0 Å². The highest BCUT2D eigenvalue weighted by Crippen LogP contribution is 2.27. The van der Waals surface area contributed by atoms with Crippen molar-refractivity contribution in [3.63, 3.8) is 0 Å². The number of hydrogen-bond acceptors (Lipinski definition) is 3. The van der Waals surface area contributed by atoms with E-state index in [4.69, 9.17) is 0 Å². The summed E-state index contributed by atoms with van der Waals surface area (Å²) in [4.78, 5) is 12.7. The van der Waals surface area contributed by atoms with Gasteiger partial charge in [0.15, 0.2) is 0 Å². The third-order valence-electron chi connectivity index (χ3n) is 3.87. The standard InChI is InChI=1S/C18H13FN4/c1-12-16(13-3-2-6-20-8-13)7-15-10-22-18(11-23(12)15)17-5-4-14(19)9-21-17/h2-11H,1H3. The molecule has 0 aliphatic rings. The topological polar surface area (TPSA) is 43.1 Å². The summed E-state index contributed by atoms with van der Waals surface area (Å²) in [6.07, 6.45) is 8.52. The number of aromatic nitrogens is 4. The van der Waals surface area contributed by atoms with E-state index < -0.39 is 0 Å². The maximum atomic E-state index is 13.0. The van der Waals surface area contributed by atoms with E-state index in [0.29, 0.717) is 11.4 Å². The first kappa shape index (κ1) is 13.6. The zero-order chi connectivity index (χ0) is 15.8. The van der Waals surface area contributed by atoms with E-state index in [1.807, 2.05) is 24.5 Å². The van der Waals surface area contributed by atoms with E-state index in [0.717, 1.165) is 22.3 Å². The molecule has 4 aromatic heterocycles. The summed E-state index contributed by atoms with van der Waals surface area (Å²) >= 11 is 0. The maximum absolute atomic E-state index is 13.0. The molecule has 23 heavy (non-hydrogen) atoms. The number of nitrogens with zero attached hydrogens (tertiary/aromatic N) is 4. The Labute approximate surface area is 132 Å². The Morgan fingerprint density at radius 1 is 1.00 bits per heavy atom. The number of fused-ring (bicyclic) bond motifs is 1. The largest absolute Gasteiger partial charge is 0.317 e. The molecule has 4 heterocycles. The summed E-state index contributed by atoms with van der Waals surface area (Å²) in [5.41, 5.74) is 5.61. The van der Waals surface area contributed by atoms with Gasteiger partial charge < -0.3 is 4.40 Å². The highest BCUT2D eigenvalue weighted by molar-refractivity contribution is 5.73. The molecule has 0 spiro atoms. The van der Waals surface area contributed by atoms with Crippen LogP contribution in [0, 0.1) is 12.7 Å². The Morgan fingerprint density at radius 3 is 2.61 bits per heavy atom. The highest BCUT2D eigenvalue weighted by Gasteiger charge is 2.10. The fraction of sp³-hybridized carbons (Fsp3) is 0.0556. The van der Waals surface area contributed by atoms with Crippen LogP contribution >= 0.6 is 0 Å². The van der Waals surface area contributed by atoms with Crippen molar-refractivity contribution in [2.45, 2.75) is 6.92 Å². The van der Waals surface area contributed by atoms with E-state index in [9.17, 15) is 4.39 Å². The molecule has 112 valence electrons. The fourth-order valence-corrected chi connectivity index (χ4v) is 2.68. The second kappa shape index (κ2) is 5.28. The predicted octanol–water partition coefficient (Wildman–Crippen LogP) is 3.91. The number of halogens is 1. The first-order chi connectivity index (χ1) is 11.2. The predicted molar refractivity (Wildman–Crippen MR) is 86.3 cm³/mol. The van der Waals surface area contributed by atoms with Gasteiger partial charge in [-0.15, -0.1) is 0 Å². The summed E-state index contributed by atoms with van der Waals surface area (Å²) in [6.45, 7) is 2.05. The molecule has 0 fully saturated rings. The molecule has 0 saturated carbocycles. The zero-order valence-electron chi connectivity index (χ0n) is 12.4. The first-order valence-electron chi connectivity index (χ1n) is 7.22. The molecule has 5 heteroatoms. The van der Waals surface area contributed by atoms with Crippen molar-refractivity contribution in [2.24, 2.45) is 0 Å². The molecule has 0 saturated heterocycles. The molecule has 0 unspecified atom stereocenters. The number of aryl methyl sites for hydroxylation is 1. The Bertz CT molecular complexity index is 975. The second-order valence-corrected chi connectivity index (χ2v) is 5.31. The fourth-order valence-electron chi connectivity index (χ4n) is 2.68. The average molecular weight is 304 g/mol. The molecule has 4 nitrogen and oxygen atoms in total. The lowest BCUT2D eigenvalue weighted by molar-refractivity contribution is 0.622. The minimum atomic E-state index is -0.356. The van der Waals surface area contributed by atoms with Crippen LogP contribution in [0.3, 0.4) is 0 Å². The minimum absolute atomic E-state index is 0.356. The van der Waals surface area contributed by atoms with Gasteiger partial charge in [0.1, 0.15) is 11.5 Å². The monoisotopic (exact) mass is 304 g/mol. The maximum Gasteiger partial charge on any atom is 0.141 e. The molecule has 0 aromatic carbocycles. The summed E-state index contributed by atoms with van der Waals surface area (Å²) < 4.78 is 15.1. The van der Waals surface area contributed by atoms with E-state index >= 15 is 0 Å². The smallest absolute Gasteiger partial charge is 0.141 e. The van der Waals surface area contributed by atoms with Crippen LogP contribution < -0.4 is 0 Å². The normalized spacial score (nSPS) is 11.0. The molecule has 0 radical (unpaired) electrons. The Morgan fingerprint density at radius 2 is 1.87 bits per heavy atom. The quantitative estimate of drug-likeness (QED) is 0.564. The van der Waals surface area contributed by atoms with Crippen LogP contribution in [0.15, 0.2) is 61.3 Å². The van der Waals surface area contributed by atoms with Crippen LogP contribution in [0.4, 0.5) is 4.39 Å². The van der Waals surface area contributed by atoms with E-state index in [2.05, 4.69) is 32.3 Å². The van der Waals surface area contributed by atoms with Gasteiger partial charge in [-0.25, -0.2) is 4.39 Å². The van der Waals surface area contributed by atoms with Crippen LogP contribution in [-0.4, -0.2) is 19.4 Å². The SMILES string of the molecule is Cc1c(-c2cccnc2)cc2cnc(-c3ccc(F)cn3)cn12. The number of hydrogen-bond donors (Lipinski definition) is 0. The zero-order valence-corrected chi connectivity index (χ0v) is 12.4. The molecule has 0 atom stereocenters. The lowest BCUT2D eigenvalue weighted by Gasteiger charge is -2.04. The summed E-state index contributed by atoms with van der Waals surface area (Å²) in [5.74, 6) is -0.356. The third kappa shape index (κ3) is 2.36. The first-order valence-corrected chi connectivity index (χ1v) is 7.22. The minimum Gasteiger partial charge on any atom is -0.317 e. The summed E-state index contributed by atoms with van der Waals surface area (Å²) in [6, 6.07) is 9.05. The lowest BCUT2D eigenvalue weighted by atomic mass is 10.1. The van der Waals surface area contributed by atoms with Gasteiger partial charge in [-0.1, -0.05) is 6.07 Å². The van der Waals surface area contributed by atoms with Crippen molar-refractivity contribution in [3.8, 4) is 22.5 Å². The third-order valence-corrected chi connectivity index (χ3v) is 3.87. The van der Waals surface area contributed by atoms with Crippen molar-refractivity contribution >= 4 is 5.52 Å². The van der Waals surface area contributed by atoms with Crippen molar-refractivity contribution in [1.82, 2.24) is 19.4 Å². The molecule has 0 bridgehead atoms. The Hall–Kier alpha value is -3.08. The Kier molecular flexibility index (Phi) is 3.12. The van der Waals surface area contributed by atoms with Crippen molar-refractivity contribution in [3.05, 3.63) is 72.8 Å². The van der Waals surface area contributed by atoms with Gasteiger partial charge in [0.05, 0.1) is 23.6 Å². The molecule has 4 aromatic rings. The molecule has 0 aliphatic carbocycles. The van der Waals surface area contributed by atoms with Gasteiger partial charge in [0.25, 0.3) is 0 Å². The average Bonchev–Trinajstić information content (AvgIpc) is 2.93. The Balaban J connectivity index is 1.86. The van der Waals surface area contributed by atoms with Crippen LogP contribution in [0.25, 0.3) is 28.0 Å². The highest BCUT2D eigenvalue weighted by atomic mass is 19.1. The van der Waals surface area contributed by atoms with Gasteiger partial charge in [-0.2, -0.15) is 0 Å². The molecular formula is C18H13FN4. The van der Waals surface area contributed by atoms with Crippen molar-refractivity contribution < 1.29 is 4.39 Å². The molecule has 0 amide bonds. The van der Waals surface area contributed by atoms with Gasteiger partial charge >= 0.3 is 0 Å². The van der Waals surface area contributed by atoms with Gasteiger partial charge in [0, 0.05) is 35.4 Å². The summed E-state index contributed by atoms with van der Waals surface area (Å²) in [5, 5.41) is 0. The number of pyridine rings is 2. The van der Waals surface area contributed by atoms with Gasteiger partial charge in [-0.3, -0.25) is 15.0 Å². The summed E-state index contributed by atoms with van der Waals surface area (Å²) in [7, 11) is 0. The van der Waals surface area contributed by atoms with E-state index in [1.165, 1.54) is 12.3 Å². The van der Waals surface area contributed by atoms with Crippen molar-refractivity contribution in [2.75, 3.05) is 0 Å². The van der Waals surface area contributed by atoms with E-state index in [1.54, 1.807) is 18.5 Å². The van der Waals surface area contributed by atoms with Crippen LogP contribution in [0.1, 0.15) is 5.69 Å². The van der Waals surface area contributed by atoms with Crippen LogP contribution in [0.2, 0.25) is 0 Å². The molecule has 4 rings (SSSR count). The lowest BCUT2D eigenvalue weighted by Crippen LogP contribution is -1.94. The van der Waals surface area contributed by atoms with Crippen LogP contribution in [0.5, 0.6) is 0 Å². The number of rotatable bonds is 2. The molecular weight excluding hydrogens is 291 g/mol. The van der Waals surface area contributed by atoms with Crippen LogP contribution in [-0.2, 0) is 0 Å². The molecule has 0 N–H and O–H groups in total. The second-order valence-electron chi connectivity index (χ2n) is 5.31. The van der Waals surface area contributed by atoms with Gasteiger partial charge in [0.2, 0.25) is 0 Å².